The molecule has 0 bridgehead atoms. The Morgan fingerprint density at radius 1 is 0.613 bits per heavy atom. The molecule has 3 rings (SSSR count). The van der Waals surface area contributed by atoms with Gasteiger partial charge in [-0.2, -0.15) is 51.6 Å². The number of likely N-dealkylation sites (N-methyl/N-ethyl adjacent to an activating group) is 2. The van der Waals surface area contributed by atoms with Crippen LogP contribution in [0.4, 0.5) is 26.3 Å². The number of hydrogen-bond acceptors (Lipinski definition) is 16. The molecular formula is C58H85F6N15O12S2. The molecule has 0 radical (unpaired) electrons. The second kappa shape index (κ2) is 39.6. The van der Waals surface area contributed by atoms with Gasteiger partial charge in [0.15, 0.2) is 5.96 Å². The summed E-state index contributed by atoms with van der Waals surface area (Å²) in [4.78, 5) is 144. The molecule has 0 aliphatic carbocycles. The van der Waals surface area contributed by atoms with Crippen LogP contribution < -0.4 is 64.2 Å². The van der Waals surface area contributed by atoms with Crippen molar-refractivity contribution in [2.75, 3.05) is 57.8 Å². The minimum atomic E-state index is -4.81. The van der Waals surface area contributed by atoms with Crippen molar-refractivity contribution in [3.8, 4) is 0 Å². The zero-order valence-corrected chi connectivity index (χ0v) is 53.8. The number of aliphatic hydroxyl groups excluding tert-OH is 2. The van der Waals surface area contributed by atoms with E-state index in [0.717, 1.165) is 11.8 Å². The number of aliphatic imine (C=N–C) groups is 1. The van der Waals surface area contributed by atoms with Crippen LogP contribution in [0.25, 0.3) is 10.9 Å². The number of aromatic amines is 1. The molecule has 0 aliphatic heterocycles. The fraction of sp³-hybridized carbons (Fsp3) is 0.569. The standard InChI is InChI=1S/C58H85F6N15O12S2/c1-6-66-53(89)46(32(2)80)77-51(87)43(29-93)76-54(90)47(33(3)81)78-52(88)44(21-12-14-22-65)79(5)55(91)41(25-36-26-68-38-19-11-10-18-37(36)38)75-49(85)40(24-35-16-8-7-9-17-35)74-50(86)42(28-92)73-45(83)27-69-48(84)39(72-34(4)82)20-13-15-23-67-56(70-30-57(59,60)61)71-31-58(62,63)64/h7-11,16-19,26,32-33,39-44,46-47,68,80-81,92-93H,6,12-15,20-25,27-31,65H2,1-5H3,(H,66,89)(H,69,84)(H,72,82)(H,73,83)(H,74,86)(H,75,85)(H,76,90)(H,77,87)(H,78,88)(H2,67,70,71)/t32-,33-,39-,40+,41-,42+,43+,44+,46+,47+/m1/s1. The Hall–Kier alpha value is -7.89. The number of unbranched alkanes of at least 4 members (excludes halogenated alkanes) is 2. The first-order valence-electron chi connectivity index (χ1n) is 29.8. The molecule has 16 N–H and O–H groups in total. The van der Waals surface area contributed by atoms with Crippen LogP contribution in [0.1, 0.15) is 77.3 Å². The third kappa shape index (κ3) is 28.5. The number of aliphatic hydroxyl groups is 2. The number of H-pyrrole nitrogens is 1. The third-order valence-electron chi connectivity index (χ3n) is 14.0. The number of nitrogens with two attached hydrogens (primary N) is 1. The zero-order valence-electron chi connectivity index (χ0n) is 52.0. The smallest absolute Gasteiger partial charge is 0.391 e. The highest BCUT2D eigenvalue weighted by molar-refractivity contribution is 7.80. The Morgan fingerprint density at radius 3 is 1.78 bits per heavy atom. The predicted octanol–water partition coefficient (Wildman–Crippen LogP) is -0.974. The number of halogens is 6. The largest absolute Gasteiger partial charge is 0.408 e. The van der Waals surface area contributed by atoms with Crippen molar-refractivity contribution >= 4 is 101 Å². The number of carbonyl (C=O) groups excluding carboxylic acids is 10. The summed E-state index contributed by atoms with van der Waals surface area (Å²) in [6, 6.07) is 3.65. The predicted molar refractivity (Wildman–Crippen MR) is 338 cm³/mol. The Bertz CT molecular complexity index is 2980. The molecule has 0 spiro atoms. The van der Waals surface area contributed by atoms with Crippen LogP contribution >= 0.6 is 25.3 Å². The van der Waals surface area contributed by atoms with Gasteiger partial charge in [0.25, 0.3) is 0 Å². The maximum Gasteiger partial charge on any atom is 0.408 e. The highest BCUT2D eigenvalue weighted by Gasteiger charge is 2.39. The van der Waals surface area contributed by atoms with Crippen molar-refractivity contribution in [3.63, 3.8) is 0 Å². The van der Waals surface area contributed by atoms with Crippen molar-refractivity contribution in [2.24, 2.45) is 10.7 Å². The Labute approximate surface area is 544 Å². The SMILES string of the molecule is CCNC(=O)[C@@H](NC(=O)[C@H](CS)NC(=O)[C@@H](NC(=O)[C@H](CCCCN)N(C)C(=O)[C@@H](Cc1c[nH]c2ccccc12)NC(=O)[C@H](Cc1ccccc1)NC(=O)[C@H](CS)NC(=O)CNC(=O)[C@@H](CCCCNC(=NCC(F)(F)F)NCC(F)(F)F)NC(C)=O)[C@@H](C)O)[C@@H](C)O. The quantitative estimate of drug-likeness (QED) is 0.0108. The minimum Gasteiger partial charge on any atom is -0.391 e. The van der Waals surface area contributed by atoms with Gasteiger partial charge < -0.3 is 84.3 Å². The lowest BCUT2D eigenvalue weighted by Crippen LogP contribution is -2.62. The molecule has 0 fully saturated rings. The molecule has 1 aromatic heterocycles. The van der Waals surface area contributed by atoms with Crippen molar-refractivity contribution in [2.45, 2.75) is 152 Å². The first-order chi connectivity index (χ1) is 43.8. The number of guanidine groups is 1. The molecule has 1 heterocycles. The number of hydrogen-bond donors (Lipinski definition) is 17. The fourth-order valence-corrected chi connectivity index (χ4v) is 9.73. The number of fused-ring (bicyclic) bond motifs is 1. The van der Waals surface area contributed by atoms with Crippen molar-refractivity contribution in [3.05, 3.63) is 71.9 Å². The van der Waals surface area contributed by atoms with E-state index in [9.17, 15) is 79.7 Å². The van der Waals surface area contributed by atoms with Gasteiger partial charge in [-0.3, -0.25) is 47.9 Å². The third-order valence-corrected chi connectivity index (χ3v) is 14.7. The van der Waals surface area contributed by atoms with Gasteiger partial charge in [0.2, 0.25) is 59.1 Å². The number of nitrogens with zero attached hydrogens (tertiary/aromatic N) is 2. The topological polar surface area (TPSA) is 401 Å². The monoisotopic (exact) mass is 1360 g/mol. The number of para-hydroxylation sites is 1. The van der Waals surface area contributed by atoms with Gasteiger partial charge in [-0.25, -0.2) is 4.99 Å². The molecule has 2 aromatic carbocycles. The van der Waals surface area contributed by atoms with Gasteiger partial charge in [-0.05, 0) is 83.0 Å². The molecule has 0 aliphatic rings. The van der Waals surface area contributed by atoms with E-state index in [1.165, 1.54) is 20.9 Å². The van der Waals surface area contributed by atoms with Crippen LogP contribution in [0.15, 0.2) is 65.8 Å². The number of nitrogens with one attached hydrogen (secondary N) is 12. The summed E-state index contributed by atoms with van der Waals surface area (Å²) in [7, 11) is 1.29. The van der Waals surface area contributed by atoms with E-state index in [2.05, 4.69) is 88.4 Å². The van der Waals surface area contributed by atoms with Crippen LogP contribution in [0.3, 0.4) is 0 Å². The molecule has 0 unspecified atom stereocenters. The van der Waals surface area contributed by atoms with Gasteiger partial charge in [-0.15, -0.1) is 0 Å². The summed E-state index contributed by atoms with van der Waals surface area (Å²) in [5.41, 5.74) is 7.57. The lowest BCUT2D eigenvalue weighted by molar-refractivity contribution is -0.144. The summed E-state index contributed by atoms with van der Waals surface area (Å²) < 4.78 is 76.5. The maximum atomic E-state index is 15.1. The number of carbonyl (C=O) groups is 10. The van der Waals surface area contributed by atoms with Crippen LogP contribution in [0, 0.1) is 0 Å². The van der Waals surface area contributed by atoms with Gasteiger partial charge in [0.05, 0.1) is 18.8 Å². The second-order valence-corrected chi connectivity index (χ2v) is 22.4. The van der Waals surface area contributed by atoms with E-state index in [1.54, 1.807) is 73.0 Å². The first kappa shape index (κ1) is 79.3. The summed E-state index contributed by atoms with van der Waals surface area (Å²) in [6.45, 7) is 1.14. The Morgan fingerprint density at radius 2 is 1.18 bits per heavy atom. The van der Waals surface area contributed by atoms with Crippen LogP contribution in [0.5, 0.6) is 0 Å². The summed E-state index contributed by atoms with van der Waals surface area (Å²) in [6.07, 6.45) is -10.7. The average Bonchev–Trinajstić information content (AvgIpc) is 1.79. The molecule has 27 nitrogen and oxygen atoms in total. The van der Waals surface area contributed by atoms with Crippen molar-refractivity contribution in [1.82, 2.24) is 68.4 Å². The number of amides is 10. The highest BCUT2D eigenvalue weighted by atomic mass is 32.1. The lowest BCUT2D eigenvalue weighted by Gasteiger charge is -2.33. The molecule has 10 amide bonds. The first-order valence-corrected chi connectivity index (χ1v) is 31.0. The fourth-order valence-electron chi connectivity index (χ4n) is 9.21. The number of alkyl halides is 6. The van der Waals surface area contributed by atoms with E-state index < -0.39 is 158 Å². The molecule has 0 saturated carbocycles. The van der Waals surface area contributed by atoms with E-state index in [-0.39, 0.29) is 76.1 Å². The van der Waals surface area contributed by atoms with E-state index in [0.29, 0.717) is 28.5 Å². The van der Waals surface area contributed by atoms with Crippen LogP contribution in [-0.4, -0.2) is 216 Å². The van der Waals surface area contributed by atoms with Crippen molar-refractivity contribution in [1.29, 1.82) is 0 Å². The Kier molecular flexibility index (Phi) is 33.8. The normalized spacial score (nSPS) is 15.0. The number of benzene rings is 2. The van der Waals surface area contributed by atoms with E-state index in [1.807, 2.05) is 0 Å². The molecule has 35 heteroatoms. The molecular weight excluding hydrogens is 1280 g/mol. The van der Waals surface area contributed by atoms with Crippen molar-refractivity contribution < 1.29 is 84.5 Å². The van der Waals surface area contributed by atoms with Gasteiger partial charge in [0, 0.05) is 68.5 Å². The summed E-state index contributed by atoms with van der Waals surface area (Å²) in [5, 5.41) is 48.2. The van der Waals surface area contributed by atoms with Crippen LogP contribution in [0.2, 0.25) is 0 Å². The maximum absolute atomic E-state index is 15.1. The van der Waals surface area contributed by atoms with Crippen LogP contribution in [-0.2, 0) is 60.8 Å². The number of thiol groups is 2. The van der Waals surface area contributed by atoms with E-state index >= 15 is 4.79 Å². The summed E-state index contributed by atoms with van der Waals surface area (Å²) in [5.74, 6) is -10.3. The summed E-state index contributed by atoms with van der Waals surface area (Å²) >= 11 is 8.42. The number of rotatable bonds is 38. The van der Waals surface area contributed by atoms with Gasteiger partial charge >= 0.3 is 12.4 Å². The second-order valence-electron chi connectivity index (χ2n) is 21.7. The van der Waals surface area contributed by atoms with E-state index in [4.69, 9.17) is 5.73 Å². The molecule has 10 atom stereocenters. The average molecular weight is 1360 g/mol. The molecule has 3 aromatic rings. The minimum absolute atomic E-state index is 0.0610. The van der Waals surface area contributed by atoms with Gasteiger partial charge in [0.1, 0.15) is 61.4 Å². The Balaban J connectivity index is 1.88. The lowest BCUT2D eigenvalue weighted by atomic mass is 10.00. The highest BCUT2D eigenvalue weighted by Crippen LogP contribution is 2.22. The zero-order chi connectivity index (χ0) is 69.6. The molecule has 0 saturated heterocycles. The number of aromatic nitrogens is 1. The molecule has 93 heavy (non-hydrogen) atoms. The van der Waals surface area contributed by atoms with Gasteiger partial charge in [-0.1, -0.05) is 48.5 Å². The molecule has 518 valence electrons.